The van der Waals surface area contributed by atoms with E-state index in [4.69, 9.17) is 4.74 Å². The zero-order chi connectivity index (χ0) is 7.40. The molecule has 1 aliphatic heterocycles. The van der Waals surface area contributed by atoms with Gasteiger partial charge >= 0.3 is 0 Å². The molecule has 1 rings (SSSR count). The molecule has 0 saturated carbocycles. The van der Waals surface area contributed by atoms with Crippen LogP contribution in [0, 0.1) is 6.92 Å². The van der Waals surface area contributed by atoms with E-state index in [1.165, 1.54) is 0 Å². The van der Waals surface area contributed by atoms with Crippen molar-refractivity contribution in [3.63, 3.8) is 0 Å². The lowest BCUT2D eigenvalue weighted by Gasteiger charge is -2.16. The summed E-state index contributed by atoms with van der Waals surface area (Å²) in [6.07, 6.45) is 0.932. The van der Waals surface area contributed by atoms with Crippen LogP contribution >= 0.6 is 0 Å². The van der Waals surface area contributed by atoms with Gasteiger partial charge < -0.3 is 9.64 Å². The van der Waals surface area contributed by atoms with E-state index in [1.807, 2.05) is 0 Å². The van der Waals surface area contributed by atoms with Gasteiger partial charge in [0.15, 0.2) is 0 Å². The molecule has 1 aliphatic rings. The van der Waals surface area contributed by atoms with Gasteiger partial charge in [0.25, 0.3) is 0 Å². The van der Waals surface area contributed by atoms with Gasteiger partial charge in [0.2, 0.25) is 5.91 Å². The number of rotatable bonds is 0. The lowest BCUT2D eigenvalue weighted by molar-refractivity contribution is -0.126. The van der Waals surface area contributed by atoms with Crippen LogP contribution < -0.4 is 0 Å². The third kappa shape index (κ3) is 1.99. The molecule has 57 valence electrons. The molecule has 0 bridgehead atoms. The van der Waals surface area contributed by atoms with Crippen molar-refractivity contribution in [3.05, 3.63) is 6.92 Å². The number of hydrogen-bond donors (Lipinski definition) is 0. The van der Waals surface area contributed by atoms with Crippen molar-refractivity contribution in [2.24, 2.45) is 0 Å². The largest absolute Gasteiger partial charge is 0.380 e. The predicted octanol–water partition coefficient (Wildman–Crippen LogP) is 0.0694. The topological polar surface area (TPSA) is 29.5 Å². The molecule has 10 heavy (non-hydrogen) atoms. The Morgan fingerprint density at radius 3 is 2.90 bits per heavy atom. The van der Waals surface area contributed by atoms with Crippen LogP contribution in [-0.4, -0.2) is 37.1 Å². The number of carbonyl (C=O) groups excluding carboxylic acids is 1. The molecule has 1 amide bonds. The van der Waals surface area contributed by atoms with Crippen LogP contribution in [0.5, 0.6) is 0 Å². The van der Waals surface area contributed by atoms with Gasteiger partial charge in [0.05, 0.1) is 6.61 Å². The van der Waals surface area contributed by atoms with Gasteiger partial charge in [0.1, 0.15) is 0 Å². The highest BCUT2D eigenvalue weighted by atomic mass is 16.5. The fraction of sp³-hybridized carbons (Fsp3) is 0.714. The SMILES string of the molecule is [CH2]C(=O)N1CCCOCC1. The Bertz CT molecular complexity index is 117. The first-order valence-corrected chi connectivity index (χ1v) is 3.49. The molecule has 3 nitrogen and oxygen atoms in total. The van der Waals surface area contributed by atoms with Crippen molar-refractivity contribution in [3.8, 4) is 0 Å². The highest BCUT2D eigenvalue weighted by Gasteiger charge is 2.10. The molecule has 1 heterocycles. The summed E-state index contributed by atoms with van der Waals surface area (Å²) in [7, 11) is 0. The molecule has 0 atom stereocenters. The van der Waals surface area contributed by atoms with Gasteiger partial charge in [-0.3, -0.25) is 4.79 Å². The summed E-state index contributed by atoms with van der Waals surface area (Å²) in [5.41, 5.74) is 0. The predicted molar refractivity (Wildman–Crippen MR) is 37.4 cm³/mol. The van der Waals surface area contributed by atoms with Gasteiger partial charge in [-0.1, -0.05) is 0 Å². The molecule has 0 aliphatic carbocycles. The zero-order valence-corrected chi connectivity index (χ0v) is 6.01. The van der Waals surface area contributed by atoms with E-state index < -0.39 is 0 Å². The minimum absolute atomic E-state index is 0.0921. The minimum Gasteiger partial charge on any atom is -0.380 e. The maximum absolute atomic E-state index is 10.7. The molecule has 1 radical (unpaired) electrons. The van der Waals surface area contributed by atoms with Crippen LogP contribution in [0.4, 0.5) is 0 Å². The van der Waals surface area contributed by atoms with E-state index in [-0.39, 0.29) is 5.91 Å². The number of amides is 1. The second-order valence-electron chi connectivity index (χ2n) is 2.35. The summed E-state index contributed by atoms with van der Waals surface area (Å²) in [6.45, 7) is 6.25. The lowest BCUT2D eigenvalue weighted by Crippen LogP contribution is -2.31. The third-order valence-corrected chi connectivity index (χ3v) is 1.57. The molecular weight excluding hydrogens is 130 g/mol. The Morgan fingerprint density at radius 2 is 2.20 bits per heavy atom. The quantitative estimate of drug-likeness (QED) is 0.479. The molecule has 3 heteroatoms. The second kappa shape index (κ2) is 3.56. The van der Waals surface area contributed by atoms with Gasteiger partial charge in [-0.2, -0.15) is 0 Å². The van der Waals surface area contributed by atoms with Crippen molar-refractivity contribution in [2.45, 2.75) is 6.42 Å². The molecule has 0 N–H and O–H groups in total. The minimum atomic E-state index is -0.0921. The van der Waals surface area contributed by atoms with E-state index in [2.05, 4.69) is 6.92 Å². The van der Waals surface area contributed by atoms with Crippen molar-refractivity contribution in [1.82, 2.24) is 4.90 Å². The standard InChI is InChI=1S/C7H12NO2/c1-7(9)8-3-2-5-10-6-4-8/h1-6H2. The molecule has 0 unspecified atom stereocenters. The molecule has 0 aromatic heterocycles. The molecule has 1 fully saturated rings. The smallest absolute Gasteiger partial charge is 0.223 e. The summed E-state index contributed by atoms with van der Waals surface area (Å²) in [4.78, 5) is 12.4. The van der Waals surface area contributed by atoms with Crippen molar-refractivity contribution in [2.75, 3.05) is 26.3 Å². The van der Waals surface area contributed by atoms with Gasteiger partial charge in [-0.05, 0) is 6.42 Å². The first-order chi connectivity index (χ1) is 4.80. The highest BCUT2D eigenvalue weighted by molar-refractivity contribution is 5.80. The Labute approximate surface area is 61.0 Å². The molecule has 1 saturated heterocycles. The maximum atomic E-state index is 10.7. The number of ether oxygens (including phenoxy) is 1. The Kier molecular flexibility index (Phi) is 2.68. The van der Waals surface area contributed by atoms with E-state index >= 15 is 0 Å². The third-order valence-electron chi connectivity index (χ3n) is 1.57. The fourth-order valence-electron chi connectivity index (χ4n) is 0.995. The Morgan fingerprint density at radius 1 is 1.40 bits per heavy atom. The first kappa shape index (κ1) is 7.54. The van der Waals surface area contributed by atoms with Crippen LogP contribution in [0.3, 0.4) is 0 Å². The lowest BCUT2D eigenvalue weighted by atomic mass is 10.4. The first-order valence-electron chi connectivity index (χ1n) is 3.49. The summed E-state index contributed by atoms with van der Waals surface area (Å²) in [6, 6.07) is 0. The van der Waals surface area contributed by atoms with Crippen LogP contribution in [0.1, 0.15) is 6.42 Å². The average Bonchev–Trinajstić information content (AvgIpc) is 2.12. The second-order valence-corrected chi connectivity index (χ2v) is 2.35. The number of nitrogens with zero attached hydrogens (tertiary/aromatic N) is 1. The van der Waals surface area contributed by atoms with E-state index in [0.717, 1.165) is 19.6 Å². The van der Waals surface area contributed by atoms with Gasteiger partial charge in [0, 0.05) is 26.6 Å². The van der Waals surface area contributed by atoms with Crippen molar-refractivity contribution < 1.29 is 9.53 Å². The van der Waals surface area contributed by atoms with Crippen LogP contribution in [-0.2, 0) is 9.53 Å². The zero-order valence-electron chi connectivity index (χ0n) is 6.01. The molecular formula is C7H12NO2. The summed E-state index contributed by atoms with van der Waals surface area (Å²) in [5, 5.41) is 0. The van der Waals surface area contributed by atoms with Gasteiger partial charge in [-0.25, -0.2) is 0 Å². The average molecular weight is 142 g/mol. The molecule has 0 spiro atoms. The Hall–Kier alpha value is -0.570. The Balaban J connectivity index is 2.35. The van der Waals surface area contributed by atoms with Crippen LogP contribution in [0.2, 0.25) is 0 Å². The van der Waals surface area contributed by atoms with Crippen LogP contribution in [0.15, 0.2) is 0 Å². The summed E-state index contributed by atoms with van der Waals surface area (Å²) < 4.78 is 5.15. The molecule has 0 aromatic carbocycles. The van der Waals surface area contributed by atoms with Gasteiger partial charge in [-0.15, -0.1) is 0 Å². The van der Waals surface area contributed by atoms with Crippen molar-refractivity contribution in [1.29, 1.82) is 0 Å². The molecule has 0 aromatic rings. The van der Waals surface area contributed by atoms with Crippen molar-refractivity contribution >= 4 is 5.91 Å². The van der Waals surface area contributed by atoms with E-state index in [1.54, 1.807) is 4.90 Å². The summed E-state index contributed by atoms with van der Waals surface area (Å²) in [5.74, 6) is -0.0921. The highest BCUT2D eigenvalue weighted by Crippen LogP contribution is 1.97. The number of hydrogen-bond acceptors (Lipinski definition) is 2. The number of carbonyl (C=O) groups is 1. The van der Waals surface area contributed by atoms with E-state index in [0.29, 0.717) is 13.2 Å². The van der Waals surface area contributed by atoms with E-state index in [9.17, 15) is 4.79 Å². The summed E-state index contributed by atoms with van der Waals surface area (Å²) >= 11 is 0. The maximum Gasteiger partial charge on any atom is 0.223 e. The van der Waals surface area contributed by atoms with Crippen LogP contribution in [0.25, 0.3) is 0 Å². The monoisotopic (exact) mass is 142 g/mol. The fourth-order valence-corrected chi connectivity index (χ4v) is 0.995. The normalized spacial score (nSPS) is 20.3.